The van der Waals surface area contributed by atoms with Crippen LogP contribution in [0.4, 0.5) is 0 Å². The molecule has 1 atom stereocenters. The maximum atomic E-state index is 12.7. The van der Waals surface area contributed by atoms with Gasteiger partial charge in [-0.1, -0.05) is 30.3 Å². The quantitative estimate of drug-likeness (QED) is 0.525. The second-order valence-electron chi connectivity index (χ2n) is 5.91. The van der Waals surface area contributed by atoms with Gasteiger partial charge in [0, 0.05) is 13.2 Å². The van der Waals surface area contributed by atoms with Gasteiger partial charge >= 0.3 is 0 Å². The number of ether oxygens (including phenoxy) is 1. The van der Waals surface area contributed by atoms with Crippen LogP contribution in [0.2, 0.25) is 0 Å². The monoisotopic (exact) mass is 392 g/mol. The molecule has 3 N–H and O–H groups in total. The number of nitrogens with one attached hydrogen (secondary N) is 2. The fourth-order valence-electron chi connectivity index (χ4n) is 2.46. The highest BCUT2D eigenvalue weighted by atomic mass is 32.2. The van der Waals surface area contributed by atoms with E-state index >= 15 is 0 Å². The maximum absolute atomic E-state index is 12.7. The summed E-state index contributed by atoms with van der Waals surface area (Å²) in [7, 11) is -2.40. The molecule has 0 aliphatic heterocycles. The molecular weight excluding hydrogens is 368 g/mol. The number of hydrogen-bond acceptors (Lipinski definition) is 5. The van der Waals surface area contributed by atoms with Crippen LogP contribution in [-0.4, -0.2) is 45.7 Å². The molecule has 1 unspecified atom stereocenters. The lowest BCUT2D eigenvalue weighted by Crippen LogP contribution is -2.48. The summed E-state index contributed by atoms with van der Waals surface area (Å²) in [5.74, 6) is 0.0981. The van der Waals surface area contributed by atoms with Crippen molar-refractivity contribution in [2.24, 2.45) is 0 Å². The van der Waals surface area contributed by atoms with Crippen LogP contribution < -0.4 is 14.8 Å². The number of methoxy groups -OCH3 is 1. The lowest BCUT2D eigenvalue weighted by Gasteiger charge is -2.19. The number of amides is 1. The number of rotatable bonds is 10. The van der Waals surface area contributed by atoms with E-state index in [0.717, 1.165) is 5.56 Å². The summed E-state index contributed by atoms with van der Waals surface area (Å²) in [5.41, 5.74) is 0.831. The molecule has 0 radical (unpaired) electrons. The van der Waals surface area contributed by atoms with Crippen LogP contribution in [0, 0.1) is 0 Å². The average Bonchev–Trinajstić information content (AvgIpc) is 2.68. The third kappa shape index (κ3) is 6.35. The Hall–Kier alpha value is -2.42. The number of carbonyl (C=O) groups is 1. The van der Waals surface area contributed by atoms with Gasteiger partial charge in [0.1, 0.15) is 11.8 Å². The first-order valence-corrected chi connectivity index (χ1v) is 10.0. The second-order valence-corrected chi connectivity index (χ2v) is 7.62. The summed E-state index contributed by atoms with van der Waals surface area (Å²) in [6, 6.07) is 14.1. The third-order valence-corrected chi connectivity index (χ3v) is 5.39. The van der Waals surface area contributed by atoms with E-state index in [-0.39, 0.29) is 24.5 Å². The summed E-state index contributed by atoms with van der Waals surface area (Å²) < 4.78 is 32.9. The van der Waals surface area contributed by atoms with Crippen LogP contribution in [0.1, 0.15) is 12.0 Å². The normalized spacial score (nSPS) is 12.4. The SMILES string of the molecule is COc1ccc(S(=O)(=O)NC(Cc2ccccc2)C(=O)NCCCO)cc1. The summed E-state index contributed by atoms with van der Waals surface area (Å²) in [4.78, 5) is 12.5. The lowest BCUT2D eigenvalue weighted by atomic mass is 10.1. The number of hydrogen-bond donors (Lipinski definition) is 3. The van der Waals surface area contributed by atoms with E-state index in [9.17, 15) is 13.2 Å². The van der Waals surface area contributed by atoms with Crippen LogP contribution >= 0.6 is 0 Å². The Morgan fingerprint density at radius 2 is 1.78 bits per heavy atom. The molecule has 0 saturated carbocycles. The maximum Gasteiger partial charge on any atom is 0.241 e. The molecule has 0 spiro atoms. The van der Waals surface area contributed by atoms with E-state index in [0.29, 0.717) is 12.2 Å². The fourth-order valence-corrected chi connectivity index (χ4v) is 3.66. The Morgan fingerprint density at radius 3 is 2.37 bits per heavy atom. The number of carbonyl (C=O) groups excluding carboxylic acids is 1. The van der Waals surface area contributed by atoms with Gasteiger partial charge in [-0.25, -0.2) is 8.42 Å². The Kier molecular flexibility index (Phi) is 7.78. The predicted molar refractivity (Wildman–Crippen MR) is 102 cm³/mol. The molecule has 0 fully saturated rings. The fraction of sp³-hybridized carbons (Fsp3) is 0.316. The molecule has 2 aromatic carbocycles. The summed E-state index contributed by atoms with van der Waals surface area (Å²) >= 11 is 0. The zero-order chi connectivity index (χ0) is 19.7. The first-order chi connectivity index (χ1) is 13.0. The van der Waals surface area contributed by atoms with E-state index in [4.69, 9.17) is 9.84 Å². The van der Waals surface area contributed by atoms with Crippen molar-refractivity contribution in [2.45, 2.75) is 23.8 Å². The molecule has 2 aromatic rings. The van der Waals surface area contributed by atoms with E-state index in [2.05, 4.69) is 10.0 Å². The van der Waals surface area contributed by atoms with E-state index in [1.807, 2.05) is 30.3 Å². The molecule has 0 saturated heterocycles. The molecule has 8 heteroatoms. The molecule has 0 aliphatic carbocycles. The number of aliphatic hydroxyl groups is 1. The first-order valence-electron chi connectivity index (χ1n) is 8.55. The molecule has 0 heterocycles. The van der Waals surface area contributed by atoms with Crippen LogP contribution in [-0.2, 0) is 21.2 Å². The standard InChI is InChI=1S/C19H24N2O5S/c1-26-16-8-10-17(11-9-16)27(24,25)21-18(19(23)20-12-5-13-22)14-15-6-3-2-4-7-15/h2-4,6-11,18,21-22H,5,12-14H2,1H3,(H,20,23). The predicted octanol–water partition coefficient (Wildman–Crippen LogP) is 1.08. The average molecular weight is 392 g/mol. The minimum atomic E-state index is -3.90. The van der Waals surface area contributed by atoms with E-state index in [1.165, 1.54) is 19.2 Å². The largest absolute Gasteiger partial charge is 0.497 e. The lowest BCUT2D eigenvalue weighted by molar-refractivity contribution is -0.122. The Labute approximate surface area is 159 Å². The van der Waals surface area contributed by atoms with Gasteiger partial charge in [-0.2, -0.15) is 4.72 Å². The van der Waals surface area contributed by atoms with Crippen molar-refractivity contribution < 1.29 is 23.1 Å². The topological polar surface area (TPSA) is 105 Å². The summed E-state index contributed by atoms with van der Waals surface area (Å²) in [5, 5.41) is 11.5. The molecule has 2 rings (SSSR count). The zero-order valence-corrected chi connectivity index (χ0v) is 15.9. The summed E-state index contributed by atoms with van der Waals surface area (Å²) in [6.07, 6.45) is 0.607. The van der Waals surface area contributed by atoms with Gasteiger partial charge in [0.2, 0.25) is 15.9 Å². The van der Waals surface area contributed by atoms with Gasteiger partial charge in [0.05, 0.1) is 12.0 Å². The van der Waals surface area contributed by atoms with Gasteiger partial charge in [0.15, 0.2) is 0 Å². The molecule has 146 valence electrons. The van der Waals surface area contributed by atoms with Crippen LogP contribution in [0.3, 0.4) is 0 Å². The Bertz CT molecular complexity index is 823. The van der Waals surface area contributed by atoms with Crippen molar-refractivity contribution in [3.8, 4) is 5.75 Å². The van der Waals surface area contributed by atoms with Gasteiger partial charge in [0.25, 0.3) is 0 Å². The second kappa shape index (κ2) is 10.1. The van der Waals surface area contributed by atoms with Crippen LogP contribution in [0.25, 0.3) is 0 Å². The van der Waals surface area contributed by atoms with Crippen molar-refractivity contribution in [1.29, 1.82) is 0 Å². The van der Waals surface area contributed by atoms with Crippen molar-refractivity contribution >= 4 is 15.9 Å². The van der Waals surface area contributed by atoms with Crippen molar-refractivity contribution in [3.05, 3.63) is 60.2 Å². The number of aliphatic hydroxyl groups excluding tert-OH is 1. The first kappa shape index (κ1) is 20.9. The zero-order valence-electron chi connectivity index (χ0n) is 15.1. The minimum absolute atomic E-state index is 0.0459. The van der Waals surface area contributed by atoms with Gasteiger partial charge in [-0.05, 0) is 42.7 Å². The highest BCUT2D eigenvalue weighted by Gasteiger charge is 2.26. The Balaban J connectivity index is 2.19. The van der Waals surface area contributed by atoms with Crippen LogP contribution in [0.5, 0.6) is 5.75 Å². The molecule has 0 aliphatic rings. The number of benzene rings is 2. The van der Waals surface area contributed by atoms with Crippen molar-refractivity contribution in [1.82, 2.24) is 10.0 Å². The molecule has 7 nitrogen and oxygen atoms in total. The third-order valence-electron chi connectivity index (χ3n) is 3.90. The molecular formula is C19H24N2O5S. The highest BCUT2D eigenvalue weighted by molar-refractivity contribution is 7.89. The van der Waals surface area contributed by atoms with Crippen LogP contribution in [0.15, 0.2) is 59.5 Å². The van der Waals surface area contributed by atoms with Gasteiger partial charge in [-0.3, -0.25) is 4.79 Å². The molecule has 1 amide bonds. The number of sulfonamides is 1. The van der Waals surface area contributed by atoms with Crippen molar-refractivity contribution in [2.75, 3.05) is 20.3 Å². The minimum Gasteiger partial charge on any atom is -0.497 e. The summed E-state index contributed by atoms with van der Waals surface area (Å²) in [6.45, 7) is 0.214. The van der Waals surface area contributed by atoms with Gasteiger partial charge < -0.3 is 15.2 Å². The highest BCUT2D eigenvalue weighted by Crippen LogP contribution is 2.16. The molecule has 0 bridgehead atoms. The van der Waals surface area contributed by atoms with E-state index in [1.54, 1.807) is 12.1 Å². The molecule has 27 heavy (non-hydrogen) atoms. The Morgan fingerprint density at radius 1 is 1.11 bits per heavy atom. The molecule has 0 aromatic heterocycles. The van der Waals surface area contributed by atoms with Gasteiger partial charge in [-0.15, -0.1) is 0 Å². The van der Waals surface area contributed by atoms with E-state index < -0.39 is 22.0 Å². The van der Waals surface area contributed by atoms with Crippen molar-refractivity contribution in [3.63, 3.8) is 0 Å². The smallest absolute Gasteiger partial charge is 0.241 e.